The summed E-state index contributed by atoms with van der Waals surface area (Å²) in [5, 5.41) is 0. The summed E-state index contributed by atoms with van der Waals surface area (Å²) in [7, 11) is -3.67. The van der Waals surface area contributed by atoms with Crippen LogP contribution in [0.4, 0.5) is 0 Å². The largest absolute Gasteiger partial charge is 0.366 e. The summed E-state index contributed by atoms with van der Waals surface area (Å²) < 4.78 is 25.5. The molecule has 7 heteroatoms. The first-order chi connectivity index (χ1) is 7.08. The molecule has 15 heavy (non-hydrogen) atoms. The van der Waals surface area contributed by atoms with Crippen molar-refractivity contribution in [3.63, 3.8) is 0 Å². The van der Waals surface area contributed by atoms with Crippen molar-refractivity contribution >= 4 is 21.8 Å². The standard InChI is InChI=1S/C8H12N2O3S2/c1-14-5-4-10-15(12,13)8-6-9-3-2-7(8)11/h2-3,6,10H,4-5H2,1H3,(H,9,11). The van der Waals surface area contributed by atoms with Crippen molar-refractivity contribution in [2.24, 2.45) is 0 Å². The van der Waals surface area contributed by atoms with Crippen LogP contribution in [0.5, 0.6) is 0 Å². The van der Waals surface area contributed by atoms with E-state index in [1.165, 1.54) is 30.2 Å². The highest BCUT2D eigenvalue weighted by Crippen LogP contribution is 1.99. The monoisotopic (exact) mass is 248 g/mol. The van der Waals surface area contributed by atoms with E-state index in [2.05, 4.69) is 9.71 Å². The van der Waals surface area contributed by atoms with E-state index in [-0.39, 0.29) is 4.90 Å². The Morgan fingerprint density at radius 2 is 2.27 bits per heavy atom. The molecule has 0 atom stereocenters. The molecular weight excluding hydrogens is 236 g/mol. The van der Waals surface area contributed by atoms with E-state index in [9.17, 15) is 13.2 Å². The van der Waals surface area contributed by atoms with E-state index in [0.29, 0.717) is 12.3 Å². The molecule has 1 aromatic rings. The van der Waals surface area contributed by atoms with Crippen LogP contribution in [0.15, 0.2) is 28.2 Å². The average Bonchev–Trinajstić information content (AvgIpc) is 2.18. The van der Waals surface area contributed by atoms with E-state index < -0.39 is 15.5 Å². The van der Waals surface area contributed by atoms with Gasteiger partial charge < -0.3 is 4.98 Å². The molecule has 0 fully saturated rings. The highest BCUT2D eigenvalue weighted by molar-refractivity contribution is 7.98. The third kappa shape index (κ3) is 3.37. The van der Waals surface area contributed by atoms with Gasteiger partial charge in [0.15, 0.2) is 0 Å². The maximum Gasteiger partial charge on any atom is 0.245 e. The Bertz CT molecular complexity index is 467. The van der Waals surface area contributed by atoms with Crippen molar-refractivity contribution in [1.29, 1.82) is 0 Å². The van der Waals surface area contributed by atoms with Gasteiger partial charge in [-0.25, -0.2) is 13.1 Å². The third-order valence-corrected chi connectivity index (χ3v) is 3.77. The van der Waals surface area contributed by atoms with E-state index in [1.54, 1.807) is 0 Å². The lowest BCUT2D eigenvalue weighted by Crippen LogP contribution is -2.29. The molecule has 0 unspecified atom stereocenters. The van der Waals surface area contributed by atoms with Gasteiger partial charge in [0.2, 0.25) is 15.5 Å². The number of hydrogen-bond acceptors (Lipinski definition) is 4. The summed E-state index contributed by atoms with van der Waals surface area (Å²) in [4.78, 5) is 13.6. The summed E-state index contributed by atoms with van der Waals surface area (Å²) in [6.07, 6.45) is 4.45. The second-order valence-electron chi connectivity index (χ2n) is 2.76. The lowest BCUT2D eigenvalue weighted by atomic mass is 10.5. The zero-order valence-electron chi connectivity index (χ0n) is 8.19. The Labute approximate surface area is 92.3 Å². The average molecular weight is 248 g/mol. The Kier molecular flexibility index (Phi) is 4.37. The molecule has 0 spiro atoms. The Morgan fingerprint density at radius 1 is 1.53 bits per heavy atom. The van der Waals surface area contributed by atoms with Gasteiger partial charge in [0.05, 0.1) is 0 Å². The number of hydrogen-bond donors (Lipinski definition) is 2. The molecule has 5 nitrogen and oxygen atoms in total. The molecule has 1 aromatic heterocycles. The number of H-pyrrole nitrogens is 1. The molecule has 0 aromatic carbocycles. The van der Waals surface area contributed by atoms with Crippen LogP contribution in [-0.2, 0) is 10.0 Å². The van der Waals surface area contributed by atoms with Gasteiger partial charge in [0.25, 0.3) is 0 Å². The maximum absolute atomic E-state index is 11.6. The minimum absolute atomic E-state index is 0.244. The van der Waals surface area contributed by atoms with Gasteiger partial charge in [-0.2, -0.15) is 11.8 Å². The Balaban J connectivity index is 2.88. The molecule has 0 aliphatic rings. The first-order valence-electron chi connectivity index (χ1n) is 4.23. The summed E-state index contributed by atoms with van der Waals surface area (Å²) in [6.45, 7) is 0.317. The number of nitrogens with one attached hydrogen (secondary N) is 2. The summed E-state index contributed by atoms with van der Waals surface area (Å²) >= 11 is 1.53. The van der Waals surface area contributed by atoms with Crippen LogP contribution in [0.25, 0.3) is 0 Å². The van der Waals surface area contributed by atoms with Crippen molar-refractivity contribution in [2.45, 2.75) is 4.90 Å². The van der Waals surface area contributed by atoms with Gasteiger partial charge in [0.1, 0.15) is 4.90 Å². The molecule has 2 N–H and O–H groups in total. The van der Waals surface area contributed by atoms with Crippen LogP contribution in [0.3, 0.4) is 0 Å². The number of pyridine rings is 1. The fourth-order valence-electron chi connectivity index (χ4n) is 0.967. The predicted octanol–water partition coefficient (Wildman–Crippen LogP) is 0.0162. The Hall–Kier alpha value is -0.790. The topological polar surface area (TPSA) is 79.0 Å². The van der Waals surface area contributed by atoms with E-state index in [0.717, 1.165) is 0 Å². The van der Waals surface area contributed by atoms with Gasteiger partial charge in [-0.05, 0) is 6.26 Å². The molecular formula is C8H12N2O3S2. The predicted molar refractivity (Wildman–Crippen MR) is 60.6 cm³/mol. The second kappa shape index (κ2) is 5.34. The van der Waals surface area contributed by atoms with Gasteiger partial charge >= 0.3 is 0 Å². The normalized spacial score (nSPS) is 11.5. The molecule has 0 aliphatic carbocycles. The lowest BCUT2D eigenvalue weighted by molar-refractivity contribution is 0.583. The van der Waals surface area contributed by atoms with E-state index >= 15 is 0 Å². The zero-order valence-corrected chi connectivity index (χ0v) is 9.82. The number of aromatic amines is 1. The van der Waals surface area contributed by atoms with Crippen LogP contribution in [0.2, 0.25) is 0 Å². The van der Waals surface area contributed by atoms with Crippen LogP contribution in [0, 0.1) is 0 Å². The molecule has 0 saturated heterocycles. The van der Waals surface area contributed by atoms with Crippen molar-refractivity contribution in [3.05, 3.63) is 28.7 Å². The van der Waals surface area contributed by atoms with Crippen LogP contribution >= 0.6 is 11.8 Å². The molecule has 1 heterocycles. The first kappa shape index (κ1) is 12.3. The van der Waals surface area contributed by atoms with Gasteiger partial charge in [0, 0.05) is 30.8 Å². The van der Waals surface area contributed by atoms with Crippen LogP contribution < -0.4 is 10.2 Å². The van der Waals surface area contributed by atoms with Crippen molar-refractivity contribution < 1.29 is 8.42 Å². The SMILES string of the molecule is CSCCNS(=O)(=O)c1c[nH]ccc1=O. The minimum Gasteiger partial charge on any atom is -0.366 e. The lowest BCUT2D eigenvalue weighted by Gasteiger charge is -2.04. The highest BCUT2D eigenvalue weighted by atomic mass is 32.2. The number of sulfonamides is 1. The number of aromatic nitrogens is 1. The fraction of sp³-hybridized carbons (Fsp3) is 0.375. The smallest absolute Gasteiger partial charge is 0.245 e. The molecule has 84 valence electrons. The summed E-state index contributed by atoms with van der Waals surface area (Å²) in [6, 6.07) is 1.18. The summed E-state index contributed by atoms with van der Waals surface area (Å²) in [5.41, 5.74) is -0.509. The molecule has 0 saturated carbocycles. The van der Waals surface area contributed by atoms with Crippen LogP contribution in [-0.4, -0.2) is 32.0 Å². The molecule has 0 aliphatic heterocycles. The highest BCUT2D eigenvalue weighted by Gasteiger charge is 2.16. The van der Waals surface area contributed by atoms with Crippen molar-refractivity contribution in [2.75, 3.05) is 18.6 Å². The minimum atomic E-state index is -3.67. The zero-order chi connectivity index (χ0) is 11.3. The number of thioether (sulfide) groups is 1. The quantitative estimate of drug-likeness (QED) is 0.720. The Morgan fingerprint density at radius 3 is 2.87 bits per heavy atom. The van der Waals surface area contributed by atoms with Crippen LogP contribution in [0.1, 0.15) is 0 Å². The van der Waals surface area contributed by atoms with Crippen molar-refractivity contribution in [1.82, 2.24) is 9.71 Å². The van der Waals surface area contributed by atoms with Gasteiger partial charge in [-0.15, -0.1) is 0 Å². The summed E-state index contributed by atoms with van der Waals surface area (Å²) in [5.74, 6) is 0.671. The van der Waals surface area contributed by atoms with E-state index in [1.807, 2.05) is 6.26 Å². The van der Waals surface area contributed by atoms with Gasteiger partial charge in [-0.1, -0.05) is 0 Å². The molecule has 0 radical (unpaired) electrons. The van der Waals surface area contributed by atoms with Crippen molar-refractivity contribution in [3.8, 4) is 0 Å². The second-order valence-corrected chi connectivity index (χ2v) is 5.48. The maximum atomic E-state index is 11.6. The molecule has 0 bridgehead atoms. The number of rotatable bonds is 5. The van der Waals surface area contributed by atoms with Gasteiger partial charge in [-0.3, -0.25) is 4.79 Å². The fourth-order valence-corrected chi connectivity index (χ4v) is 2.48. The molecule has 1 rings (SSSR count). The first-order valence-corrected chi connectivity index (χ1v) is 7.11. The molecule has 0 amide bonds. The van der Waals surface area contributed by atoms with E-state index in [4.69, 9.17) is 0 Å². The third-order valence-electron chi connectivity index (χ3n) is 1.68.